The van der Waals surface area contributed by atoms with E-state index in [4.69, 9.17) is 9.47 Å². The second-order valence-electron chi connectivity index (χ2n) is 12.0. The van der Waals surface area contributed by atoms with Gasteiger partial charge in [-0.1, -0.05) is 83.1 Å². The Labute approximate surface area is 247 Å². The maximum absolute atomic E-state index is 13.2. The van der Waals surface area contributed by atoms with Crippen LogP contribution in [0.15, 0.2) is 59.3 Å². The number of esters is 1. The predicted molar refractivity (Wildman–Crippen MR) is 164 cm³/mol. The molecule has 7 heteroatoms. The molecule has 0 spiro atoms. The van der Waals surface area contributed by atoms with Gasteiger partial charge in [0.2, 0.25) is 0 Å². The van der Waals surface area contributed by atoms with Crippen LogP contribution in [0.4, 0.5) is 0 Å². The zero-order valence-electron chi connectivity index (χ0n) is 26.7. The Kier molecular flexibility index (Phi) is 15.8. The van der Waals surface area contributed by atoms with Gasteiger partial charge in [-0.05, 0) is 51.7 Å². The molecule has 0 saturated carbocycles. The number of aliphatic hydroxyl groups excluding tert-OH is 3. The van der Waals surface area contributed by atoms with Gasteiger partial charge in [-0.3, -0.25) is 4.79 Å². The lowest BCUT2D eigenvalue weighted by Gasteiger charge is -2.33. The minimum atomic E-state index is -1.13. The molecule has 0 radical (unpaired) electrons. The number of carbonyl (C=O) groups is 2. The third-order valence-electron chi connectivity index (χ3n) is 8.19. The van der Waals surface area contributed by atoms with Crippen molar-refractivity contribution in [2.75, 3.05) is 7.11 Å². The van der Waals surface area contributed by atoms with Gasteiger partial charge in [-0.15, -0.1) is 0 Å². The molecule has 0 amide bonds. The van der Waals surface area contributed by atoms with Crippen molar-refractivity contribution in [3.63, 3.8) is 0 Å². The molecule has 0 aliphatic carbocycles. The van der Waals surface area contributed by atoms with E-state index in [-0.39, 0.29) is 23.5 Å². The van der Waals surface area contributed by atoms with Crippen LogP contribution in [0.3, 0.4) is 0 Å². The minimum Gasteiger partial charge on any atom is -0.456 e. The van der Waals surface area contributed by atoms with E-state index in [0.29, 0.717) is 18.4 Å². The number of hydrogen-bond donors (Lipinski definition) is 3. The average molecular weight is 575 g/mol. The van der Waals surface area contributed by atoms with Crippen molar-refractivity contribution in [2.45, 2.75) is 106 Å². The first-order chi connectivity index (χ1) is 19.1. The van der Waals surface area contributed by atoms with Crippen LogP contribution >= 0.6 is 0 Å². The van der Waals surface area contributed by atoms with E-state index in [0.717, 1.165) is 11.1 Å². The third kappa shape index (κ3) is 11.5. The molecule has 7 nitrogen and oxygen atoms in total. The topological polar surface area (TPSA) is 113 Å². The van der Waals surface area contributed by atoms with Crippen molar-refractivity contribution in [1.82, 2.24) is 0 Å². The summed E-state index contributed by atoms with van der Waals surface area (Å²) in [4.78, 5) is 26.2. The first-order valence-corrected chi connectivity index (χ1v) is 14.8. The summed E-state index contributed by atoms with van der Waals surface area (Å²) in [5.41, 5.74) is 2.28. The number of ketones is 1. The summed E-state index contributed by atoms with van der Waals surface area (Å²) in [5, 5.41) is 32.1. The molecule has 0 aromatic carbocycles. The van der Waals surface area contributed by atoms with Crippen LogP contribution in [0.2, 0.25) is 0 Å². The highest BCUT2D eigenvalue weighted by atomic mass is 16.6. The Morgan fingerprint density at radius 1 is 1.17 bits per heavy atom. The van der Waals surface area contributed by atoms with Gasteiger partial charge in [0.05, 0.1) is 18.3 Å². The SMILES string of the molecule is CC[C@H](O)[C@@H](C)/C=C/C(=O)[C@@H](C)[C@H](O)[C@@H](C)[C@H]1OC(=O)/C(C)=C/C(C)=C\[C@H](C)[C@@H](O)[C@@H](C)C/C(C)=C/C=C/[C@H]1OC. The summed E-state index contributed by atoms with van der Waals surface area (Å²) in [5.74, 6) is -2.52. The van der Waals surface area contributed by atoms with Crippen molar-refractivity contribution in [1.29, 1.82) is 0 Å². The second-order valence-corrected chi connectivity index (χ2v) is 12.0. The van der Waals surface area contributed by atoms with Gasteiger partial charge in [0.25, 0.3) is 0 Å². The van der Waals surface area contributed by atoms with E-state index < -0.39 is 48.3 Å². The Morgan fingerprint density at radius 2 is 1.80 bits per heavy atom. The molecular weight excluding hydrogens is 520 g/mol. The first-order valence-electron chi connectivity index (χ1n) is 14.8. The maximum atomic E-state index is 13.2. The molecule has 1 heterocycles. The fraction of sp³-hybridized carbons (Fsp3) is 0.647. The van der Waals surface area contributed by atoms with Crippen LogP contribution in [0.1, 0.15) is 75.2 Å². The fourth-order valence-corrected chi connectivity index (χ4v) is 5.23. The lowest BCUT2D eigenvalue weighted by atomic mass is 9.84. The van der Waals surface area contributed by atoms with Crippen molar-refractivity contribution in [3.05, 3.63) is 59.3 Å². The van der Waals surface area contributed by atoms with E-state index in [2.05, 4.69) is 0 Å². The van der Waals surface area contributed by atoms with Crippen LogP contribution in [-0.2, 0) is 19.1 Å². The number of cyclic esters (lactones) is 1. The highest BCUT2D eigenvalue weighted by Gasteiger charge is 2.37. The monoisotopic (exact) mass is 574 g/mol. The summed E-state index contributed by atoms with van der Waals surface area (Å²) >= 11 is 0. The highest BCUT2D eigenvalue weighted by molar-refractivity contribution is 5.92. The highest BCUT2D eigenvalue weighted by Crippen LogP contribution is 2.27. The Morgan fingerprint density at radius 3 is 2.39 bits per heavy atom. The summed E-state index contributed by atoms with van der Waals surface area (Å²) in [7, 11) is 1.51. The zero-order valence-corrected chi connectivity index (χ0v) is 26.7. The first kappa shape index (κ1) is 36.7. The van der Waals surface area contributed by atoms with E-state index >= 15 is 0 Å². The zero-order chi connectivity index (χ0) is 31.4. The fourth-order valence-electron chi connectivity index (χ4n) is 5.23. The van der Waals surface area contributed by atoms with E-state index in [1.807, 2.05) is 59.8 Å². The molecule has 0 fully saturated rings. The molecule has 1 rings (SSSR count). The van der Waals surface area contributed by atoms with Gasteiger partial charge < -0.3 is 24.8 Å². The average Bonchev–Trinajstić information content (AvgIpc) is 2.93. The number of hydrogen-bond acceptors (Lipinski definition) is 7. The van der Waals surface area contributed by atoms with E-state index in [9.17, 15) is 24.9 Å². The largest absolute Gasteiger partial charge is 0.456 e. The van der Waals surface area contributed by atoms with Crippen LogP contribution in [0, 0.1) is 29.6 Å². The molecule has 0 saturated heterocycles. The third-order valence-corrected chi connectivity index (χ3v) is 8.19. The van der Waals surface area contributed by atoms with Gasteiger partial charge in [0.1, 0.15) is 12.2 Å². The molecule has 0 aromatic heterocycles. The molecular formula is C34H54O7. The van der Waals surface area contributed by atoms with E-state index in [1.54, 1.807) is 39.0 Å². The van der Waals surface area contributed by atoms with Gasteiger partial charge in [0, 0.05) is 36.4 Å². The Hall–Kier alpha value is -2.32. The van der Waals surface area contributed by atoms with Gasteiger partial charge >= 0.3 is 5.97 Å². The van der Waals surface area contributed by atoms with Crippen LogP contribution in [0.25, 0.3) is 0 Å². The molecule has 0 aromatic rings. The predicted octanol–water partition coefficient (Wildman–Crippen LogP) is 5.51. The van der Waals surface area contributed by atoms with Crippen molar-refractivity contribution in [2.24, 2.45) is 29.6 Å². The second kappa shape index (κ2) is 17.6. The van der Waals surface area contributed by atoms with Gasteiger partial charge in [0.15, 0.2) is 5.78 Å². The summed E-state index contributed by atoms with van der Waals surface area (Å²) in [6.45, 7) is 16.6. The van der Waals surface area contributed by atoms with Crippen LogP contribution in [0.5, 0.6) is 0 Å². The number of carbonyl (C=O) groups excluding carboxylic acids is 2. The minimum absolute atomic E-state index is 0.0316. The van der Waals surface area contributed by atoms with Crippen molar-refractivity contribution >= 4 is 11.8 Å². The standard InChI is InChI=1S/C34H54O7/c1-11-28(35)22(4)15-16-29(36)26(8)32(38)27(9)33-30(40-10)14-12-13-20(2)17-23(5)31(37)24(6)18-21(3)19-25(7)34(39)41-33/h12-16,18-19,22-24,26-28,30-33,35,37-38H,11,17H2,1-10H3/b14-12+,16-15+,20-13+,21-18-,25-19+/t22-,23-,24-,26+,27+,28-,30+,31-,32-,33+/m0/s1. The summed E-state index contributed by atoms with van der Waals surface area (Å²) < 4.78 is 11.7. The lowest BCUT2D eigenvalue weighted by Crippen LogP contribution is -2.45. The molecule has 232 valence electrons. The molecule has 41 heavy (non-hydrogen) atoms. The summed E-state index contributed by atoms with van der Waals surface area (Å²) in [6.07, 6.45) is 9.82. The van der Waals surface area contributed by atoms with E-state index in [1.165, 1.54) is 13.2 Å². The van der Waals surface area contributed by atoms with Crippen molar-refractivity contribution in [3.8, 4) is 0 Å². The number of ether oxygens (including phenoxy) is 2. The molecule has 0 unspecified atom stereocenters. The lowest BCUT2D eigenvalue weighted by molar-refractivity contribution is -0.158. The molecule has 1 aliphatic rings. The van der Waals surface area contributed by atoms with Crippen LogP contribution < -0.4 is 0 Å². The number of methoxy groups -OCH3 is 1. The molecule has 3 N–H and O–H groups in total. The molecule has 1 aliphatic heterocycles. The maximum Gasteiger partial charge on any atom is 0.334 e. The Bertz CT molecular complexity index is 1000. The summed E-state index contributed by atoms with van der Waals surface area (Å²) in [6, 6.07) is 0. The number of aliphatic hydroxyl groups is 3. The number of rotatable bonds is 9. The smallest absolute Gasteiger partial charge is 0.334 e. The molecule has 10 atom stereocenters. The van der Waals surface area contributed by atoms with Gasteiger partial charge in [-0.2, -0.15) is 0 Å². The normalized spacial score (nSPS) is 33.6. The Balaban J connectivity index is 3.41. The van der Waals surface area contributed by atoms with Crippen LogP contribution in [-0.4, -0.2) is 64.7 Å². The quantitative estimate of drug-likeness (QED) is 0.246. The number of allylic oxidation sites excluding steroid dienone is 6. The molecule has 0 bridgehead atoms. The van der Waals surface area contributed by atoms with Gasteiger partial charge in [-0.25, -0.2) is 4.79 Å². The van der Waals surface area contributed by atoms with Crippen molar-refractivity contribution < 1.29 is 34.4 Å².